The molecule has 0 bridgehead atoms. The van der Waals surface area contributed by atoms with E-state index in [9.17, 15) is 0 Å². The molecule has 0 aliphatic heterocycles. The topological polar surface area (TPSA) is 152 Å². The maximum atomic E-state index is 4.72. The first-order valence-corrected chi connectivity index (χ1v) is 11.6. The summed E-state index contributed by atoms with van der Waals surface area (Å²) in [6, 6.07) is 0. The van der Waals surface area contributed by atoms with Crippen molar-refractivity contribution in [1.29, 1.82) is 0 Å². The van der Waals surface area contributed by atoms with Crippen molar-refractivity contribution in [2.45, 2.75) is 20.8 Å². The summed E-state index contributed by atoms with van der Waals surface area (Å²) in [6.45, 7) is 5.77. The second-order valence-corrected chi connectivity index (χ2v) is 7.68. The van der Waals surface area contributed by atoms with E-state index >= 15 is 0 Å². The lowest BCUT2D eigenvalue weighted by molar-refractivity contribution is 0.393. The zero-order chi connectivity index (χ0) is 25.6. The van der Waals surface area contributed by atoms with Gasteiger partial charge in [-0.2, -0.15) is 0 Å². The summed E-state index contributed by atoms with van der Waals surface area (Å²) in [4.78, 5) is 11.7. The highest BCUT2D eigenvalue weighted by Gasteiger charge is 1.83. The second kappa shape index (κ2) is 19.4. The summed E-state index contributed by atoms with van der Waals surface area (Å²) in [5.41, 5.74) is 0. The van der Waals surface area contributed by atoms with E-state index in [-0.39, 0.29) is 0 Å². The number of aryl methyl sites for hydroxylation is 5. The zero-order valence-corrected chi connectivity index (χ0v) is 21.6. The van der Waals surface area contributed by atoms with Crippen LogP contribution in [-0.4, -0.2) is 54.5 Å². The van der Waals surface area contributed by atoms with Gasteiger partial charge in [-0.3, -0.25) is 9.67 Å². The molecule has 0 saturated heterocycles. The van der Waals surface area contributed by atoms with E-state index in [1.165, 1.54) is 24.0 Å². The molecule has 0 unspecified atom stereocenters. The maximum absolute atomic E-state index is 4.72. The van der Waals surface area contributed by atoms with E-state index in [0.29, 0.717) is 0 Å². The molecule has 0 amide bonds. The molecule has 15 heteroatoms. The minimum atomic E-state index is 0.718. The summed E-state index contributed by atoms with van der Waals surface area (Å²) in [5, 5.41) is 21.9. The van der Waals surface area contributed by atoms with Gasteiger partial charge in [0.2, 0.25) is 0 Å². The molecule has 0 radical (unpaired) electrons. The Labute approximate surface area is 210 Å². The van der Waals surface area contributed by atoms with Gasteiger partial charge in [-0.15, -0.1) is 26.6 Å². The third-order valence-corrected chi connectivity index (χ3v) is 4.42. The minimum Gasteiger partial charge on any atom is -0.449 e. The number of rotatable bonds is 0. The smallest absolute Gasteiger partial charge is 0.190 e. The average Bonchev–Trinajstić information content (AvgIpc) is 3.67. The molecule has 0 fully saturated rings. The number of imidazole rings is 1. The van der Waals surface area contributed by atoms with Crippen LogP contribution in [0, 0.1) is 20.8 Å². The zero-order valence-electron chi connectivity index (χ0n) is 20.0. The Morgan fingerprint density at radius 2 is 1.63 bits per heavy atom. The van der Waals surface area contributed by atoms with Crippen LogP contribution >= 0.6 is 22.9 Å². The van der Waals surface area contributed by atoms with E-state index in [1.54, 1.807) is 66.4 Å². The van der Waals surface area contributed by atoms with Crippen LogP contribution in [0.3, 0.4) is 0 Å². The van der Waals surface area contributed by atoms with Crippen molar-refractivity contribution in [3.8, 4) is 0 Å². The molecule has 6 heterocycles. The third kappa shape index (κ3) is 17.1. The van der Waals surface area contributed by atoms with Crippen molar-refractivity contribution < 1.29 is 8.94 Å². The fourth-order valence-corrected chi connectivity index (χ4v) is 2.28. The van der Waals surface area contributed by atoms with Gasteiger partial charge in [-0.25, -0.2) is 9.97 Å². The van der Waals surface area contributed by atoms with Crippen molar-refractivity contribution in [1.82, 2.24) is 54.5 Å². The summed E-state index contributed by atoms with van der Waals surface area (Å²) >= 11 is 3.02. The van der Waals surface area contributed by atoms with Gasteiger partial charge in [0.15, 0.2) is 5.89 Å². The molecule has 0 saturated carbocycles. The average molecular weight is 518 g/mol. The Balaban J connectivity index is 0.000000211. The molecule has 0 spiro atoms. The molecular formula is C20H27N11O2S2. The van der Waals surface area contributed by atoms with Crippen molar-refractivity contribution >= 4 is 22.9 Å². The second-order valence-electron chi connectivity index (χ2n) is 5.94. The Hall–Kier alpha value is -4.11. The van der Waals surface area contributed by atoms with E-state index in [0.717, 1.165) is 16.7 Å². The number of hydrogen-bond donors (Lipinski definition) is 0. The van der Waals surface area contributed by atoms with E-state index in [2.05, 4.69) is 49.7 Å². The first-order chi connectivity index (χ1) is 17.0. The van der Waals surface area contributed by atoms with E-state index in [1.807, 2.05) is 49.5 Å². The van der Waals surface area contributed by atoms with Crippen molar-refractivity contribution in [2.24, 2.45) is 14.1 Å². The van der Waals surface area contributed by atoms with Gasteiger partial charge in [0.25, 0.3) is 0 Å². The lowest BCUT2D eigenvalue weighted by Gasteiger charge is -1.87. The van der Waals surface area contributed by atoms with E-state index < -0.39 is 0 Å². The third-order valence-electron chi connectivity index (χ3n) is 3.28. The molecule has 35 heavy (non-hydrogen) atoms. The normalized spacial score (nSPS) is 8.71. The number of hydrogen-bond acceptors (Lipinski definition) is 13. The van der Waals surface area contributed by atoms with Gasteiger partial charge < -0.3 is 13.5 Å². The summed E-state index contributed by atoms with van der Waals surface area (Å²) in [6.07, 6.45) is 16.6. The lowest BCUT2D eigenvalue weighted by atomic mass is 10.7. The molecule has 0 N–H and O–H groups in total. The molecule has 6 rings (SSSR count). The molecule has 0 atom stereocenters. The van der Waals surface area contributed by atoms with Crippen LogP contribution in [-0.2, 0) is 14.1 Å². The number of nitrogens with zero attached hydrogens (tertiary/aromatic N) is 11. The fourth-order valence-electron chi connectivity index (χ4n) is 1.57. The van der Waals surface area contributed by atoms with Crippen LogP contribution in [0.5, 0.6) is 0 Å². The van der Waals surface area contributed by atoms with Crippen LogP contribution in [0.4, 0.5) is 0 Å². The Kier molecular flexibility index (Phi) is 16.0. The molecule has 0 aliphatic carbocycles. The van der Waals surface area contributed by atoms with Crippen LogP contribution < -0.4 is 0 Å². The van der Waals surface area contributed by atoms with Crippen molar-refractivity contribution in [3.05, 3.63) is 89.6 Å². The highest BCUT2D eigenvalue weighted by molar-refractivity contribution is 7.09. The van der Waals surface area contributed by atoms with Crippen LogP contribution in [0.1, 0.15) is 16.7 Å². The highest BCUT2D eigenvalue weighted by Crippen LogP contribution is 1.98. The van der Waals surface area contributed by atoms with Crippen LogP contribution in [0.2, 0.25) is 0 Å². The molecule has 186 valence electrons. The molecule has 6 aromatic heterocycles. The van der Waals surface area contributed by atoms with Crippen molar-refractivity contribution in [2.75, 3.05) is 0 Å². The minimum absolute atomic E-state index is 0.718. The largest absolute Gasteiger partial charge is 0.449 e. The monoisotopic (exact) mass is 517 g/mol. The maximum Gasteiger partial charge on any atom is 0.190 e. The van der Waals surface area contributed by atoms with Crippen LogP contribution in [0.25, 0.3) is 0 Å². The standard InChI is InChI=1S/C5H8N2.C4H5NO.C4H5NS.C3H5N3.C2H2N2O.C2H2N2S/c1-5-6-3-4-7(5)2;2*1-4-5-2-3-6-4;1-6-3-2-4-5-6;2*1-2-5-4-3-1/h3-4H,1-2H3;3*2-3H,1H3;2*1-2H. The molecule has 13 nitrogen and oxygen atoms in total. The first-order valence-electron chi connectivity index (χ1n) is 9.87. The Bertz CT molecular complexity index is 987. The summed E-state index contributed by atoms with van der Waals surface area (Å²) in [5.74, 6) is 1.77. The predicted molar refractivity (Wildman–Crippen MR) is 131 cm³/mol. The molecule has 0 aliphatic rings. The number of oxazole rings is 1. The number of aromatic nitrogens is 11. The van der Waals surface area contributed by atoms with Gasteiger partial charge in [-0.1, -0.05) is 9.70 Å². The Morgan fingerprint density at radius 3 is 1.80 bits per heavy atom. The first kappa shape index (κ1) is 28.9. The van der Waals surface area contributed by atoms with Gasteiger partial charge in [-0.05, 0) is 25.4 Å². The van der Waals surface area contributed by atoms with Crippen molar-refractivity contribution in [3.63, 3.8) is 0 Å². The lowest BCUT2D eigenvalue weighted by Crippen LogP contribution is -1.86. The van der Waals surface area contributed by atoms with Gasteiger partial charge in [0.1, 0.15) is 18.4 Å². The van der Waals surface area contributed by atoms with Gasteiger partial charge >= 0.3 is 0 Å². The van der Waals surface area contributed by atoms with Gasteiger partial charge in [0, 0.05) is 61.8 Å². The highest BCUT2D eigenvalue weighted by atomic mass is 32.1. The fraction of sp³-hybridized carbons (Fsp3) is 0.250. The van der Waals surface area contributed by atoms with E-state index in [4.69, 9.17) is 4.42 Å². The molecular weight excluding hydrogens is 490 g/mol. The molecule has 6 aromatic rings. The quantitative estimate of drug-likeness (QED) is 0.290. The number of thiazole rings is 1. The predicted octanol–water partition coefficient (Wildman–Crippen LogP) is 3.59. The van der Waals surface area contributed by atoms with Crippen LogP contribution in [0.15, 0.2) is 81.8 Å². The van der Waals surface area contributed by atoms with Gasteiger partial charge in [0.05, 0.1) is 29.8 Å². The summed E-state index contributed by atoms with van der Waals surface area (Å²) in [7, 11) is 3.80. The molecule has 0 aromatic carbocycles. The summed E-state index contributed by atoms with van der Waals surface area (Å²) < 4.78 is 16.1. The Morgan fingerprint density at radius 1 is 0.771 bits per heavy atom. The SMILES string of the molecule is Cc1nccn1C.Cc1ncco1.Cc1nccs1.Cn1ccnn1.c1conn1.c1csnn1.